The second-order valence-corrected chi connectivity index (χ2v) is 32.6. The van der Waals surface area contributed by atoms with Crippen molar-refractivity contribution in [2.75, 3.05) is 0 Å². The van der Waals surface area contributed by atoms with Gasteiger partial charge in [-0.1, -0.05) is 378 Å². The Morgan fingerprint density at radius 1 is 0.235 bits per heavy atom. The average molecular weight is 1490 g/mol. The van der Waals surface area contributed by atoms with Crippen LogP contribution in [0.15, 0.2) is 373 Å². The Balaban J connectivity index is 0.000000184. The lowest BCUT2D eigenvalue weighted by Gasteiger charge is -2.36. The first-order valence-electron chi connectivity index (χ1n) is 35.6. The highest BCUT2D eigenvalue weighted by atomic mass is 79.9. The number of halogens is 2. The Morgan fingerprint density at radius 3 is 0.882 bits per heavy atom. The third-order valence-electron chi connectivity index (χ3n) is 20.2. The minimum atomic E-state index is -0.824. The molecule has 6 heteroatoms. The monoisotopic (exact) mass is 1480 g/mol. The van der Waals surface area contributed by atoms with Gasteiger partial charge in [0, 0.05) is 8.95 Å². The van der Waals surface area contributed by atoms with Crippen molar-refractivity contribution >= 4 is 79.5 Å². The largest absolute Gasteiger partial charge is 0.356 e. The molecule has 2 nitrogen and oxygen atoms in total. The predicted octanol–water partition coefficient (Wildman–Crippen LogP) is 21.2. The van der Waals surface area contributed by atoms with Gasteiger partial charge in [-0.2, -0.15) is 0 Å². The van der Waals surface area contributed by atoms with E-state index >= 15 is 0 Å². The van der Waals surface area contributed by atoms with E-state index in [9.17, 15) is 0 Å². The maximum atomic E-state index is 7.65. The summed E-state index contributed by atoms with van der Waals surface area (Å²) in [5.41, 5.74) is 18.6. The van der Waals surface area contributed by atoms with Crippen molar-refractivity contribution < 1.29 is 9.47 Å². The number of hydrogen-bond donors (Lipinski definition) is 0. The second-order valence-electron chi connectivity index (χ2n) is 26.5. The first-order chi connectivity index (χ1) is 50.4. The maximum absolute atomic E-state index is 7.65. The zero-order valence-corrected chi connectivity index (χ0v) is 62.1. The number of rotatable bonds is 18. The molecule has 0 N–H and O–H groups in total. The quantitative estimate of drug-likeness (QED) is 0.0630. The minimum absolute atomic E-state index is 0.459. The van der Waals surface area contributed by atoms with Crippen LogP contribution in [0.25, 0.3) is 0 Å². The molecule has 0 radical (unpaired) electrons. The fourth-order valence-corrected chi connectivity index (χ4v) is 21.4. The van der Waals surface area contributed by atoms with Gasteiger partial charge in [0.1, 0.15) is 11.2 Å². The second kappa shape index (κ2) is 32.4. The first-order valence-corrected chi connectivity index (χ1v) is 39.9. The molecule has 8 aliphatic rings. The van der Waals surface area contributed by atoms with Crippen LogP contribution < -0.4 is 31.8 Å². The molecule has 14 aromatic carbocycles. The molecule has 0 heterocycles. The van der Waals surface area contributed by atoms with Crippen LogP contribution in [0.4, 0.5) is 0 Å². The van der Waals surface area contributed by atoms with Crippen molar-refractivity contribution in [3.63, 3.8) is 0 Å². The number of hydrogen-bond acceptors (Lipinski definition) is 2. The topological polar surface area (TPSA) is 18.5 Å². The van der Waals surface area contributed by atoms with E-state index in [1.165, 1.54) is 96.4 Å². The molecule has 0 unspecified atom stereocenters. The molecule has 0 aromatic heterocycles. The van der Waals surface area contributed by atoms with Crippen molar-refractivity contribution in [2.45, 2.75) is 75.8 Å². The van der Waals surface area contributed by atoms with Gasteiger partial charge in [-0.25, -0.2) is 0 Å². The molecule has 0 aliphatic heterocycles. The van der Waals surface area contributed by atoms with Gasteiger partial charge in [0.15, 0.2) is 0 Å². The lowest BCUT2D eigenvalue weighted by atomic mass is 9.80. The Morgan fingerprint density at radius 2 is 0.510 bits per heavy atom. The molecule has 8 aliphatic carbocycles. The summed E-state index contributed by atoms with van der Waals surface area (Å²) < 4.78 is 17.3. The summed E-state index contributed by atoms with van der Waals surface area (Å²) in [6, 6.07) is 133. The molecule has 0 atom stereocenters. The van der Waals surface area contributed by atoms with E-state index in [-0.39, 0.29) is 0 Å². The van der Waals surface area contributed by atoms with Gasteiger partial charge in [-0.3, -0.25) is 0 Å². The molecular weight excluding hydrogens is 1410 g/mol. The van der Waals surface area contributed by atoms with Crippen molar-refractivity contribution in [1.82, 2.24) is 0 Å². The van der Waals surface area contributed by atoms with Crippen LogP contribution in [0.5, 0.6) is 0 Å². The molecule has 14 aromatic rings. The molecule has 102 heavy (non-hydrogen) atoms. The zero-order valence-electron chi connectivity index (χ0n) is 57.2. The highest BCUT2D eigenvalue weighted by Crippen LogP contribution is 2.45. The standard InChI is InChI=1S/C60H50OP2.C36H30Br2O/c1-8-22-51(23-9-1)60(52-24-10-2-11-25-52,53-26-12-3-13-27-53)61-45-50-43-49-39-37-46-36-38-47(58(42-46)62(54-28-14-4-15-29-54)55-30-16-5-17-31-55)40-41-48(50)44-59(49)63(56-32-18-6-19-33-56)57-34-20-7-21-35-57;37-34-22-26-16-18-27(34)20-21-28-24-35(38)29(19-17-26)23-30(28)25-39-36(31-10-4-1-5-11-31,32-12-6-2-7-13-32)33-14-8-3-9-15-33/h1-36,38,42-44H,37,39-41,45H2;1-16,18,22-24H,17,19-21,25H2. The van der Waals surface area contributed by atoms with Gasteiger partial charge in [0.05, 0.1) is 13.2 Å². The highest BCUT2D eigenvalue weighted by Gasteiger charge is 2.40. The molecule has 0 fully saturated rings. The lowest BCUT2D eigenvalue weighted by Crippen LogP contribution is -2.33. The van der Waals surface area contributed by atoms with E-state index < -0.39 is 27.0 Å². The summed E-state index contributed by atoms with van der Waals surface area (Å²) >= 11 is 7.71. The molecule has 22 rings (SSSR count). The van der Waals surface area contributed by atoms with Crippen molar-refractivity contribution in [1.29, 1.82) is 0 Å². The fourth-order valence-electron chi connectivity index (χ4n) is 15.1. The number of benzene rings is 14. The Hall–Kier alpha value is -9.18. The van der Waals surface area contributed by atoms with Crippen molar-refractivity contribution in [2.24, 2.45) is 0 Å². The van der Waals surface area contributed by atoms with Gasteiger partial charge in [-0.15, -0.1) is 0 Å². The first kappa shape index (κ1) is 68.6. The number of ether oxygens (including phenoxy) is 2. The number of aryl methyl sites for hydroxylation is 8. The molecule has 500 valence electrons. The predicted molar refractivity (Wildman–Crippen MR) is 436 cm³/mol. The molecule has 8 bridgehead atoms. The van der Waals surface area contributed by atoms with Gasteiger partial charge in [0.2, 0.25) is 0 Å². The third kappa shape index (κ3) is 15.0. The van der Waals surface area contributed by atoms with Crippen LogP contribution in [-0.4, -0.2) is 0 Å². The highest BCUT2D eigenvalue weighted by molar-refractivity contribution is 9.10. The summed E-state index contributed by atoms with van der Waals surface area (Å²) in [6.45, 7) is 0.966. The third-order valence-corrected chi connectivity index (χ3v) is 26.8. The van der Waals surface area contributed by atoms with Crippen LogP contribution in [0.1, 0.15) is 89.0 Å². The van der Waals surface area contributed by atoms with E-state index in [0.717, 1.165) is 84.7 Å². The van der Waals surface area contributed by atoms with Crippen LogP contribution in [0.3, 0.4) is 0 Å². The molecular formula is C96H80Br2O2P2. The average Bonchev–Trinajstić information content (AvgIpc) is 0.743. The van der Waals surface area contributed by atoms with Gasteiger partial charge in [0.25, 0.3) is 0 Å². The van der Waals surface area contributed by atoms with Gasteiger partial charge in [-0.05, 0) is 206 Å². The molecule has 0 saturated carbocycles. The van der Waals surface area contributed by atoms with Gasteiger partial charge >= 0.3 is 0 Å². The minimum Gasteiger partial charge on any atom is -0.356 e. The normalized spacial score (nSPS) is 12.8. The van der Waals surface area contributed by atoms with Crippen molar-refractivity contribution in [3.8, 4) is 0 Å². The van der Waals surface area contributed by atoms with E-state index in [4.69, 9.17) is 9.47 Å². The van der Waals surface area contributed by atoms with Crippen LogP contribution in [0, 0.1) is 0 Å². The SMILES string of the molecule is Brc1cc2c(COC(c3ccccc3)(c3ccccc3)c3ccccc3)cc1CCc1ccc(c(Br)c1)CC2.c1ccc(P(c2ccccc2)c2cc3c(COC(c4ccccc4)(c4ccccc4)c4ccccc4)cc2CCc2ccc(c(P(c4ccccc4)c4ccccc4)c2)CC3)cc1. The lowest BCUT2D eigenvalue weighted by molar-refractivity contribution is -0.000179. The van der Waals surface area contributed by atoms with Gasteiger partial charge < -0.3 is 9.47 Å². The summed E-state index contributed by atoms with van der Waals surface area (Å²) in [5.74, 6) is 0. The van der Waals surface area contributed by atoms with E-state index in [1.807, 2.05) is 0 Å². The summed E-state index contributed by atoms with van der Waals surface area (Å²) in [6.07, 6.45) is 7.59. The summed E-state index contributed by atoms with van der Waals surface area (Å²) in [4.78, 5) is 0. The Labute approximate surface area is 622 Å². The zero-order chi connectivity index (χ0) is 68.9. The van der Waals surface area contributed by atoms with E-state index in [2.05, 4.69) is 396 Å². The van der Waals surface area contributed by atoms with Crippen LogP contribution in [-0.2, 0) is 85.3 Å². The van der Waals surface area contributed by atoms with E-state index in [1.54, 1.807) is 0 Å². The Kier molecular flexibility index (Phi) is 21.8. The Bertz CT molecular complexity index is 4780. The summed E-state index contributed by atoms with van der Waals surface area (Å²) in [5, 5.41) is 8.45. The summed E-state index contributed by atoms with van der Waals surface area (Å²) in [7, 11) is -1.59. The van der Waals surface area contributed by atoms with Crippen LogP contribution in [0.2, 0.25) is 0 Å². The smallest absolute Gasteiger partial charge is 0.144 e. The molecule has 0 amide bonds. The van der Waals surface area contributed by atoms with Crippen LogP contribution >= 0.6 is 47.7 Å². The van der Waals surface area contributed by atoms with Crippen molar-refractivity contribution in [3.05, 3.63) is 462 Å². The fraction of sp³-hybridized carbons (Fsp3) is 0.125. The molecule has 0 spiro atoms. The molecule has 0 saturated heterocycles. The maximum Gasteiger partial charge on any atom is 0.144 e. The van der Waals surface area contributed by atoms with E-state index in [0.29, 0.717) is 13.2 Å².